The zero-order chi connectivity index (χ0) is 19.6. The maximum atomic E-state index is 12.8. The molecule has 3 amide bonds. The zero-order valence-electron chi connectivity index (χ0n) is 16.0. The predicted octanol–water partition coefficient (Wildman–Crippen LogP) is 1.05. The quantitative estimate of drug-likeness (QED) is 0.621. The van der Waals surface area contributed by atoms with Gasteiger partial charge in [-0.05, 0) is 56.8 Å². The number of nitrogens with one attached hydrogen (secondary N) is 2. The summed E-state index contributed by atoms with van der Waals surface area (Å²) in [6.45, 7) is 6.04. The largest absolute Gasteiger partial charge is 0.330 e. The number of nitrogens with two attached hydrogens (primary N) is 1. The molecule has 0 aliphatic carbocycles. The van der Waals surface area contributed by atoms with Gasteiger partial charge in [0.05, 0.1) is 0 Å². The Balaban J connectivity index is 1.67. The molecule has 1 saturated heterocycles. The minimum Gasteiger partial charge on any atom is -0.330 e. The van der Waals surface area contributed by atoms with Gasteiger partial charge in [0.1, 0.15) is 6.04 Å². The van der Waals surface area contributed by atoms with Crippen LogP contribution in [0.25, 0.3) is 0 Å². The summed E-state index contributed by atoms with van der Waals surface area (Å²) in [6, 6.07) is 5.32. The summed E-state index contributed by atoms with van der Waals surface area (Å²) in [5, 5.41) is 5.85. The van der Waals surface area contributed by atoms with Crippen LogP contribution in [0.1, 0.15) is 61.0 Å². The number of imide groups is 1. The molecule has 27 heavy (non-hydrogen) atoms. The van der Waals surface area contributed by atoms with Gasteiger partial charge >= 0.3 is 0 Å². The molecule has 1 aromatic carbocycles. The number of rotatable bonds is 7. The van der Waals surface area contributed by atoms with Gasteiger partial charge in [0.2, 0.25) is 11.8 Å². The van der Waals surface area contributed by atoms with E-state index < -0.39 is 6.04 Å². The van der Waals surface area contributed by atoms with Crippen molar-refractivity contribution in [1.82, 2.24) is 15.5 Å². The second-order valence-corrected chi connectivity index (χ2v) is 8.02. The molecular formula is C20H28N4O3. The van der Waals surface area contributed by atoms with Crippen LogP contribution < -0.4 is 16.4 Å². The van der Waals surface area contributed by atoms with Crippen molar-refractivity contribution in [1.29, 1.82) is 0 Å². The monoisotopic (exact) mass is 372 g/mol. The molecule has 4 N–H and O–H groups in total. The average Bonchev–Trinajstić information content (AvgIpc) is 2.95. The van der Waals surface area contributed by atoms with Crippen molar-refractivity contribution >= 4 is 17.7 Å². The van der Waals surface area contributed by atoms with Gasteiger partial charge in [0, 0.05) is 30.6 Å². The molecule has 2 heterocycles. The number of hydrogen-bond acceptors (Lipinski definition) is 5. The van der Waals surface area contributed by atoms with Crippen molar-refractivity contribution in [3.05, 3.63) is 34.9 Å². The fourth-order valence-electron chi connectivity index (χ4n) is 3.69. The number of carbonyl (C=O) groups is 3. The Labute approximate surface area is 159 Å². The molecule has 1 fully saturated rings. The standard InChI is InChI=1S/C20H28N4O3/c1-20(2,8-3-9-21)22-11-13-4-5-14-12-24(19(27)15(14)10-13)16-6-7-17(25)23-18(16)26/h4-5,10,16,22H,3,6-9,11-12,21H2,1-2H3,(H,23,25,26). The van der Waals surface area contributed by atoms with E-state index in [4.69, 9.17) is 5.73 Å². The van der Waals surface area contributed by atoms with Crippen LogP contribution in [-0.4, -0.2) is 40.7 Å². The maximum absolute atomic E-state index is 12.8. The fraction of sp³-hybridized carbons (Fsp3) is 0.550. The van der Waals surface area contributed by atoms with Crippen molar-refractivity contribution in [2.75, 3.05) is 6.54 Å². The van der Waals surface area contributed by atoms with Crippen molar-refractivity contribution in [3.63, 3.8) is 0 Å². The van der Waals surface area contributed by atoms with Gasteiger partial charge in [-0.15, -0.1) is 0 Å². The average molecular weight is 372 g/mol. The van der Waals surface area contributed by atoms with Crippen LogP contribution in [-0.2, 0) is 22.7 Å². The Bertz CT molecular complexity index is 760. The number of hydrogen-bond donors (Lipinski definition) is 3. The highest BCUT2D eigenvalue weighted by atomic mass is 16.2. The molecule has 2 aliphatic rings. The van der Waals surface area contributed by atoms with E-state index in [1.807, 2.05) is 18.2 Å². The molecule has 0 aromatic heterocycles. The highest BCUT2D eigenvalue weighted by Crippen LogP contribution is 2.28. The lowest BCUT2D eigenvalue weighted by molar-refractivity contribution is -0.136. The van der Waals surface area contributed by atoms with E-state index in [0.717, 1.165) is 24.0 Å². The van der Waals surface area contributed by atoms with Crippen LogP contribution in [0, 0.1) is 0 Å². The first-order valence-electron chi connectivity index (χ1n) is 9.52. The number of fused-ring (bicyclic) bond motifs is 1. The lowest BCUT2D eigenvalue weighted by atomic mass is 9.97. The van der Waals surface area contributed by atoms with Crippen molar-refractivity contribution in [3.8, 4) is 0 Å². The minimum absolute atomic E-state index is 0.0266. The SMILES string of the molecule is CC(C)(CCCN)NCc1ccc2c(c1)C(=O)N(C1CCC(=O)NC1=O)C2. The van der Waals surface area contributed by atoms with Gasteiger partial charge in [-0.1, -0.05) is 12.1 Å². The van der Waals surface area contributed by atoms with E-state index in [-0.39, 0.29) is 29.7 Å². The second-order valence-electron chi connectivity index (χ2n) is 8.02. The van der Waals surface area contributed by atoms with Gasteiger partial charge < -0.3 is 16.0 Å². The van der Waals surface area contributed by atoms with Crippen LogP contribution in [0.4, 0.5) is 0 Å². The Hall–Kier alpha value is -2.25. The van der Waals surface area contributed by atoms with Crippen LogP contribution >= 0.6 is 0 Å². The van der Waals surface area contributed by atoms with Crippen LogP contribution in [0.2, 0.25) is 0 Å². The number of amides is 3. The number of nitrogens with zero attached hydrogens (tertiary/aromatic N) is 1. The predicted molar refractivity (Wildman–Crippen MR) is 102 cm³/mol. The highest BCUT2D eigenvalue weighted by Gasteiger charge is 2.39. The summed E-state index contributed by atoms with van der Waals surface area (Å²) in [6.07, 6.45) is 2.60. The number of benzene rings is 1. The molecule has 0 bridgehead atoms. The summed E-state index contributed by atoms with van der Waals surface area (Å²) in [5.41, 5.74) is 8.18. The second kappa shape index (κ2) is 7.78. The molecule has 1 unspecified atom stereocenters. The molecule has 7 heteroatoms. The number of piperidine rings is 1. The maximum Gasteiger partial charge on any atom is 0.255 e. The smallest absolute Gasteiger partial charge is 0.255 e. The minimum atomic E-state index is -0.570. The first-order chi connectivity index (χ1) is 12.8. The van der Waals surface area contributed by atoms with E-state index in [2.05, 4.69) is 24.5 Å². The molecule has 7 nitrogen and oxygen atoms in total. The third-order valence-corrected chi connectivity index (χ3v) is 5.37. The lowest BCUT2D eigenvalue weighted by Crippen LogP contribution is -2.52. The van der Waals surface area contributed by atoms with Crippen molar-refractivity contribution in [2.45, 2.75) is 64.2 Å². The van der Waals surface area contributed by atoms with Gasteiger partial charge in [0.15, 0.2) is 0 Å². The van der Waals surface area contributed by atoms with E-state index >= 15 is 0 Å². The summed E-state index contributed by atoms with van der Waals surface area (Å²) < 4.78 is 0. The van der Waals surface area contributed by atoms with Crippen molar-refractivity contribution < 1.29 is 14.4 Å². The molecule has 1 aromatic rings. The first kappa shape index (κ1) is 19.5. The molecule has 1 atom stereocenters. The van der Waals surface area contributed by atoms with Gasteiger partial charge in [-0.3, -0.25) is 19.7 Å². The van der Waals surface area contributed by atoms with Gasteiger partial charge in [-0.25, -0.2) is 0 Å². The molecule has 146 valence electrons. The lowest BCUT2D eigenvalue weighted by Gasteiger charge is -2.29. The van der Waals surface area contributed by atoms with Gasteiger partial charge in [-0.2, -0.15) is 0 Å². The van der Waals surface area contributed by atoms with Crippen molar-refractivity contribution in [2.24, 2.45) is 5.73 Å². The zero-order valence-corrected chi connectivity index (χ0v) is 16.0. The third-order valence-electron chi connectivity index (χ3n) is 5.37. The molecule has 0 saturated carbocycles. The molecular weight excluding hydrogens is 344 g/mol. The summed E-state index contributed by atoms with van der Waals surface area (Å²) >= 11 is 0. The summed E-state index contributed by atoms with van der Waals surface area (Å²) in [5.74, 6) is -0.786. The Morgan fingerprint density at radius 2 is 2.07 bits per heavy atom. The third kappa shape index (κ3) is 4.36. The molecule has 0 spiro atoms. The fourth-order valence-corrected chi connectivity index (χ4v) is 3.69. The Morgan fingerprint density at radius 1 is 1.30 bits per heavy atom. The first-order valence-corrected chi connectivity index (χ1v) is 9.52. The summed E-state index contributed by atoms with van der Waals surface area (Å²) in [4.78, 5) is 37.9. The van der Waals surface area contributed by atoms with Crippen LogP contribution in [0.3, 0.4) is 0 Å². The summed E-state index contributed by atoms with van der Waals surface area (Å²) in [7, 11) is 0. The van der Waals surface area contributed by atoms with E-state index in [1.165, 1.54) is 0 Å². The molecule has 3 rings (SSSR count). The van der Waals surface area contributed by atoms with Crippen LogP contribution in [0.5, 0.6) is 0 Å². The van der Waals surface area contributed by atoms with E-state index in [9.17, 15) is 14.4 Å². The number of carbonyl (C=O) groups excluding carboxylic acids is 3. The van der Waals surface area contributed by atoms with Crippen LogP contribution in [0.15, 0.2) is 18.2 Å². The van der Waals surface area contributed by atoms with E-state index in [0.29, 0.717) is 31.6 Å². The molecule has 0 radical (unpaired) electrons. The topological polar surface area (TPSA) is 105 Å². The van der Waals surface area contributed by atoms with E-state index in [1.54, 1.807) is 4.90 Å². The molecule has 2 aliphatic heterocycles. The normalized spacial score (nSPS) is 20.0. The Morgan fingerprint density at radius 3 is 2.78 bits per heavy atom. The van der Waals surface area contributed by atoms with Gasteiger partial charge in [0.25, 0.3) is 5.91 Å². The Kier molecular flexibility index (Phi) is 5.62. The highest BCUT2D eigenvalue weighted by molar-refractivity contribution is 6.05.